The number of carbonyl (C=O) groups is 2. The first-order valence-corrected chi connectivity index (χ1v) is 11.1. The Hall–Kier alpha value is -4.74. The fourth-order valence-electron chi connectivity index (χ4n) is 2.93. The van der Waals surface area contributed by atoms with Gasteiger partial charge >= 0.3 is 12.5 Å². The summed E-state index contributed by atoms with van der Waals surface area (Å²) < 4.78 is 47.8. The van der Waals surface area contributed by atoms with E-state index in [9.17, 15) is 27.6 Å². The number of anilines is 1. The topological polar surface area (TPSA) is 155 Å². The number of benzene rings is 2. The zero-order valence-electron chi connectivity index (χ0n) is 19.1. The Kier molecular flexibility index (Phi) is 9.02. The number of nitrogens with zero attached hydrogens (tertiary/aromatic N) is 3. The molecule has 1 heterocycles. The largest absolute Gasteiger partial charge is 0.573 e. The number of hydrazone groups is 1. The average molecular weight is 584 g/mol. The lowest BCUT2D eigenvalue weighted by Crippen LogP contribution is -2.34. The lowest BCUT2D eigenvalue weighted by Gasteiger charge is -2.13. The van der Waals surface area contributed by atoms with Crippen LogP contribution in [0.1, 0.15) is 5.56 Å². The van der Waals surface area contributed by atoms with E-state index in [0.717, 1.165) is 12.1 Å². The van der Waals surface area contributed by atoms with Crippen LogP contribution in [0.15, 0.2) is 64.6 Å². The van der Waals surface area contributed by atoms with Crippen LogP contribution in [0.5, 0.6) is 17.2 Å². The van der Waals surface area contributed by atoms with E-state index < -0.39 is 35.4 Å². The number of nitrogens with one attached hydrogen (secondary N) is 2. The summed E-state index contributed by atoms with van der Waals surface area (Å²) in [5, 5.41) is 22.4. The van der Waals surface area contributed by atoms with Gasteiger partial charge in [0.15, 0.2) is 5.75 Å². The number of hydrogen-bond donors (Lipinski definition) is 3. The number of hydrogen-bond acceptors (Lipinski definition) is 8. The highest BCUT2D eigenvalue weighted by molar-refractivity contribution is 6.46. The first-order chi connectivity index (χ1) is 18.3. The second-order valence-electron chi connectivity index (χ2n) is 7.34. The molecule has 2 amide bonds. The quantitative estimate of drug-likeness (QED) is 0.247. The van der Waals surface area contributed by atoms with Crippen LogP contribution in [0.4, 0.5) is 23.7 Å². The Labute approximate surface area is 226 Å². The molecule has 3 rings (SSSR count). The van der Waals surface area contributed by atoms with Crippen LogP contribution >= 0.6 is 23.2 Å². The molecule has 2 aromatic carbocycles. The number of aromatic nitrogens is 1. The minimum absolute atomic E-state index is 0.00133. The smallest absolute Gasteiger partial charge is 0.465 e. The van der Waals surface area contributed by atoms with Gasteiger partial charge in [0.25, 0.3) is 11.5 Å². The van der Waals surface area contributed by atoms with Crippen molar-refractivity contribution in [2.45, 2.75) is 12.9 Å². The molecule has 39 heavy (non-hydrogen) atoms. The maximum Gasteiger partial charge on any atom is 0.573 e. The fourth-order valence-corrected chi connectivity index (χ4v) is 3.49. The predicted molar refractivity (Wildman–Crippen MR) is 132 cm³/mol. The number of nitriles is 1. The molecular weight excluding hydrogens is 570 g/mol. The second-order valence-corrected chi connectivity index (χ2v) is 8.15. The summed E-state index contributed by atoms with van der Waals surface area (Å²) in [5.74, 6) is -1.53. The number of alkyl halides is 3. The van der Waals surface area contributed by atoms with Crippen molar-refractivity contribution in [1.29, 1.82) is 5.26 Å². The molecule has 3 N–H and O–H groups in total. The molecule has 0 spiro atoms. The van der Waals surface area contributed by atoms with Gasteiger partial charge in [0.05, 0.1) is 28.5 Å². The van der Waals surface area contributed by atoms with Crippen molar-refractivity contribution in [3.8, 4) is 23.3 Å². The minimum Gasteiger partial charge on any atom is -0.465 e. The predicted octanol–water partition coefficient (Wildman–Crippen LogP) is 4.98. The number of imide groups is 1. The Balaban J connectivity index is 1.76. The molecule has 11 nitrogen and oxygen atoms in total. The van der Waals surface area contributed by atoms with E-state index in [0.29, 0.717) is 5.56 Å². The van der Waals surface area contributed by atoms with Gasteiger partial charge in [-0.2, -0.15) is 10.4 Å². The Morgan fingerprint density at radius 3 is 2.26 bits per heavy atom. The van der Waals surface area contributed by atoms with Crippen LogP contribution in [0.3, 0.4) is 0 Å². The Morgan fingerprint density at radius 2 is 1.69 bits per heavy atom. The van der Waals surface area contributed by atoms with Crippen molar-refractivity contribution in [2.75, 3.05) is 5.43 Å². The molecule has 0 unspecified atom stereocenters. The van der Waals surface area contributed by atoms with E-state index in [4.69, 9.17) is 38.3 Å². The number of carboxylic acid groups (broad SMARTS) is 1. The highest BCUT2D eigenvalue weighted by Gasteiger charge is 2.31. The molecule has 3 aromatic rings. The minimum atomic E-state index is -4.83. The molecule has 0 saturated carbocycles. The van der Waals surface area contributed by atoms with Crippen LogP contribution in [0.2, 0.25) is 10.0 Å². The van der Waals surface area contributed by atoms with Crippen molar-refractivity contribution in [3.05, 3.63) is 80.7 Å². The summed E-state index contributed by atoms with van der Waals surface area (Å²) >= 11 is 12.5. The van der Waals surface area contributed by atoms with Crippen LogP contribution in [0.25, 0.3) is 0 Å². The second kappa shape index (κ2) is 12.2. The lowest BCUT2D eigenvalue weighted by atomic mass is 10.2. The number of halogens is 5. The number of carbonyl (C=O) groups excluding carboxylic acids is 1. The molecule has 0 saturated heterocycles. The highest BCUT2D eigenvalue weighted by Crippen LogP contribution is 2.38. The third kappa shape index (κ3) is 8.38. The molecule has 0 aliphatic rings. The Morgan fingerprint density at radius 1 is 1.08 bits per heavy atom. The van der Waals surface area contributed by atoms with E-state index in [-0.39, 0.29) is 33.8 Å². The van der Waals surface area contributed by atoms with Gasteiger partial charge in [0.2, 0.25) is 5.71 Å². The molecule has 202 valence electrons. The zero-order chi connectivity index (χ0) is 28.7. The highest BCUT2D eigenvalue weighted by atomic mass is 35.5. The van der Waals surface area contributed by atoms with Crippen molar-refractivity contribution in [2.24, 2.45) is 5.10 Å². The number of pyridine rings is 1. The van der Waals surface area contributed by atoms with E-state index in [1.165, 1.54) is 58.5 Å². The van der Waals surface area contributed by atoms with Gasteiger partial charge in [0, 0.05) is 6.07 Å². The van der Waals surface area contributed by atoms with Crippen LogP contribution in [-0.2, 0) is 11.3 Å². The van der Waals surface area contributed by atoms with E-state index in [1.807, 2.05) is 0 Å². The van der Waals surface area contributed by atoms with Crippen molar-refractivity contribution >= 4 is 46.6 Å². The summed E-state index contributed by atoms with van der Waals surface area (Å²) in [6, 6.07) is 11.5. The van der Waals surface area contributed by atoms with Crippen LogP contribution in [-0.4, -0.2) is 33.7 Å². The molecule has 16 heteroatoms. The van der Waals surface area contributed by atoms with Gasteiger partial charge in [-0.05, 0) is 35.9 Å². The standard InChI is InChI=1S/C23H14Cl2F3N5O6/c24-16-7-13(31-32-18(9-29)21(35)30-22(36)37)8-17(25)20(16)38-15-5-6-19(34)33(11-15)10-12-1-3-14(4-2-12)39-23(26,27)28/h1-8,11,31H,10H2,(H,30,35)(H,36,37). The molecule has 0 fully saturated rings. The van der Waals surface area contributed by atoms with E-state index in [1.54, 1.807) is 0 Å². The number of rotatable bonds is 8. The van der Waals surface area contributed by atoms with E-state index in [2.05, 4.69) is 15.3 Å². The molecule has 0 bridgehead atoms. The van der Waals surface area contributed by atoms with Crippen LogP contribution in [0, 0.1) is 11.3 Å². The molecule has 1 aromatic heterocycles. The third-order valence-electron chi connectivity index (χ3n) is 4.52. The van der Waals surface area contributed by atoms with Crippen LogP contribution < -0.4 is 25.8 Å². The molecule has 0 aliphatic carbocycles. The monoisotopic (exact) mass is 583 g/mol. The summed E-state index contributed by atoms with van der Waals surface area (Å²) in [6.07, 6.45) is -5.16. The van der Waals surface area contributed by atoms with Gasteiger partial charge < -0.3 is 19.1 Å². The fraction of sp³-hybridized carbons (Fsp3) is 0.0870. The van der Waals surface area contributed by atoms with Crippen molar-refractivity contribution in [1.82, 2.24) is 9.88 Å². The average Bonchev–Trinajstić information content (AvgIpc) is 2.83. The van der Waals surface area contributed by atoms with Gasteiger partial charge in [-0.25, -0.2) is 4.79 Å². The normalized spacial score (nSPS) is 11.3. The van der Waals surface area contributed by atoms with Crippen molar-refractivity contribution in [3.63, 3.8) is 0 Å². The van der Waals surface area contributed by atoms with Crippen molar-refractivity contribution < 1.29 is 37.3 Å². The molecule has 0 atom stereocenters. The summed E-state index contributed by atoms with van der Waals surface area (Å²) in [6.45, 7) is 0.00133. The first-order valence-electron chi connectivity index (χ1n) is 10.3. The molecule has 0 radical (unpaired) electrons. The van der Waals surface area contributed by atoms with Gasteiger partial charge in [-0.1, -0.05) is 35.3 Å². The Bertz CT molecular complexity index is 1510. The SMILES string of the molecule is N#CC(=NNc1cc(Cl)c(Oc2ccc(=O)n(Cc3ccc(OC(F)(F)F)cc3)c2)c(Cl)c1)C(=O)NC(=O)O. The zero-order valence-corrected chi connectivity index (χ0v) is 20.6. The third-order valence-corrected chi connectivity index (χ3v) is 5.08. The maximum atomic E-state index is 12.3. The van der Waals surface area contributed by atoms with Gasteiger partial charge in [-0.15, -0.1) is 13.2 Å². The number of amides is 2. The molecular formula is C23H14Cl2F3N5O6. The number of ether oxygens (including phenoxy) is 2. The van der Waals surface area contributed by atoms with E-state index >= 15 is 0 Å². The summed E-state index contributed by atoms with van der Waals surface area (Å²) in [4.78, 5) is 34.4. The maximum absolute atomic E-state index is 12.3. The summed E-state index contributed by atoms with van der Waals surface area (Å²) in [7, 11) is 0. The summed E-state index contributed by atoms with van der Waals surface area (Å²) in [5.41, 5.74) is 1.77. The first kappa shape index (κ1) is 28.8. The lowest BCUT2D eigenvalue weighted by molar-refractivity contribution is -0.274. The van der Waals surface area contributed by atoms with Gasteiger partial charge in [0.1, 0.15) is 17.6 Å². The molecule has 0 aliphatic heterocycles. The van der Waals surface area contributed by atoms with Gasteiger partial charge in [-0.3, -0.25) is 20.3 Å².